The first-order valence-electron chi connectivity index (χ1n) is 12.6. The van der Waals surface area contributed by atoms with Crippen molar-refractivity contribution in [3.63, 3.8) is 0 Å². The second-order valence-corrected chi connectivity index (χ2v) is 10.00. The lowest BCUT2D eigenvalue weighted by Crippen LogP contribution is -2.45. The SMILES string of the molecule is CC(C)CN(CC(=O)N(Cc1ccc2c(c1)OCO2)Cc1ccco1)C(=O)Nc1ccc(C(C)C)cc1. The number of nitrogens with one attached hydrogen (secondary N) is 1. The predicted molar refractivity (Wildman–Crippen MR) is 141 cm³/mol. The lowest BCUT2D eigenvalue weighted by molar-refractivity contribution is -0.133. The molecule has 0 spiro atoms. The minimum absolute atomic E-state index is 0.0562. The Kier molecular flexibility index (Phi) is 8.38. The van der Waals surface area contributed by atoms with Crippen LogP contribution in [-0.4, -0.2) is 41.6 Å². The van der Waals surface area contributed by atoms with Crippen LogP contribution in [-0.2, 0) is 17.9 Å². The fourth-order valence-corrected chi connectivity index (χ4v) is 4.16. The fraction of sp³-hybridized carbons (Fsp3) is 0.379. The molecule has 0 saturated carbocycles. The van der Waals surface area contributed by atoms with Crippen LogP contribution in [0, 0.1) is 5.92 Å². The first kappa shape index (κ1) is 26.1. The number of hydrogen-bond donors (Lipinski definition) is 1. The van der Waals surface area contributed by atoms with Gasteiger partial charge in [0, 0.05) is 18.8 Å². The molecular weight excluding hydrogens is 470 g/mol. The number of carbonyl (C=O) groups is 2. The Morgan fingerprint density at radius 1 is 0.919 bits per heavy atom. The van der Waals surface area contributed by atoms with E-state index in [1.54, 1.807) is 22.1 Å². The molecule has 0 saturated heterocycles. The Morgan fingerprint density at radius 3 is 2.35 bits per heavy atom. The van der Waals surface area contributed by atoms with Crippen LogP contribution in [0.15, 0.2) is 65.3 Å². The largest absolute Gasteiger partial charge is 0.467 e. The lowest BCUT2D eigenvalue weighted by Gasteiger charge is -2.28. The number of ether oxygens (including phenoxy) is 2. The molecule has 3 aromatic rings. The van der Waals surface area contributed by atoms with Gasteiger partial charge in [-0.3, -0.25) is 4.79 Å². The van der Waals surface area contributed by atoms with Crippen LogP contribution < -0.4 is 14.8 Å². The van der Waals surface area contributed by atoms with Crippen LogP contribution in [0.25, 0.3) is 0 Å². The van der Waals surface area contributed by atoms with E-state index in [2.05, 4.69) is 19.2 Å². The minimum atomic E-state index is -0.305. The topological polar surface area (TPSA) is 84.2 Å². The standard InChI is InChI=1S/C29H35N3O5/c1-20(2)15-32(29(34)30-24-10-8-23(9-11-24)21(3)4)18-28(33)31(17-25-6-5-13-35-25)16-22-7-12-26-27(14-22)37-19-36-26/h5-14,20-21H,15-19H2,1-4H3,(H,30,34). The highest BCUT2D eigenvalue weighted by molar-refractivity contribution is 5.92. The third kappa shape index (κ3) is 7.06. The van der Waals surface area contributed by atoms with Crippen LogP contribution in [0.1, 0.15) is 50.5 Å². The van der Waals surface area contributed by atoms with Crippen molar-refractivity contribution in [2.45, 2.75) is 46.7 Å². The molecule has 0 radical (unpaired) electrons. The van der Waals surface area contributed by atoms with Gasteiger partial charge in [-0.15, -0.1) is 0 Å². The molecule has 0 aliphatic carbocycles. The van der Waals surface area contributed by atoms with E-state index in [0.717, 1.165) is 5.56 Å². The summed E-state index contributed by atoms with van der Waals surface area (Å²) in [7, 11) is 0. The summed E-state index contributed by atoms with van der Waals surface area (Å²) in [4.78, 5) is 30.1. The molecule has 2 heterocycles. The minimum Gasteiger partial charge on any atom is -0.467 e. The van der Waals surface area contributed by atoms with Gasteiger partial charge in [0.05, 0.1) is 12.8 Å². The number of anilines is 1. The van der Waals surface area contributed by atoms with E-state index in [1.807, 2.05) is 62.4 Å². The maximum absolute atomic E-state index is 13.6. The number of amides is 3. The summed E-state index contributed by atoms with van der Waals surface area (Å²) in [5, 5.41) is 2.95. The summed E-state index contributed by atoms with van der Waals surface area (Å²) in [5.74, 6) is 2.43. The van der Waals surface area contributed by atoms with Crippen LogP contribution >= 0.6 is 0 Å². The molecule has 0 atom stereocenters. The number of benzene rings is 2. The normalized spacial score (nSPS) is 12.2. The van der Waals surface area contributed by atoms with Crippen LogP contribution in [0.4, 0.5) is 10.5 Å². The Balaban J connectivity index is 1.48. The van der Waals surface area contributed by atoms with Crippen molar-refractivity contribution in [3.05, 3.63) is 77.7 Å². The summed E-state index contributed by atoms with van der Waals surface area (Å²) in [5.41, 5.74) is 2.79. The number of carbonyl (C=O) groups excluding carboxylic acids is 2. The maximum Gasteiger partial charge on any atom is 0.322 e. The van der Waals surface area contributed by atoms with E-state index in [1.165, 1.54) is 5.56 Å². The first-order valence-corrected chi connectivity index (χ1v) is 12.6. The lowest BCUT2D eigenvalue weighted by atomic mass is 10.0. The molecule has 0 bridgehead atoms. The zero-order valence-electron chi connectivity index (χ0n) is 21.9. The zero-order chi connectivity index (χ0) is 26.4. The molecule has 0 fully saturated rings. The molecule has 8 nitrogen and oxygen atoms in total. The van der Waals surface area contributed by atoms with E-state index in [4.69, 9.17) is 13.9 Å². The maximum atomic E-state index is 13.6. The quantitative estimate of drug-likeness (QED) is 0.374. The smallest absolute Gasteiger partial charge is 0.322 e. The molecule has 4 rings (SSSR count). The fourth-order valence-electron chi connectivity index (χ4n) is 4.16. The highest BCUT2D eigenvalue weighted by Gasteiger charge is 2.24. The average Bonchev–Trinajstić information content (AvgIpc) is 3.55. The molecule has 196 valence electrons. The number of hydrogen-bond acceptors (Lipinski definition) is 5. The summed E-state index contributed by atoms with van der Waals surface area (Å²) in [6.45, 7) is 9.50. The second-order valence-electron chi connectivity index (χ2n) is 10.00. The van der Waals surface area contributed by atoms with Crippen molar-refractivity contribution in [1.82, 2.24) is 9.80 Å². The van der Waals surface area contributed by atoms with Gasteiger partial charge in [0.15, 0.2) is 11.5 Å². The summed E-state index contributed by atoms with van der Waals surface area (Å²) < 4.78 is 16.4. The van der Waals surface area contributed by atoms with Gasteiger partial charge in [0.2, 0.25) is 12.7 Å². The molecule has 2 aromatic carbocycles. The summed E-state index contributed by atoms with van der Waals surface area (Å²) >= 11 is 0. The molecule has 1 aliphatic heterocycles. The van der Waals surface area contributed by atoms with Gasteiger partial charge >= 0.3 is 6.03 Å². The van der Waals surface area contributed by atoms with Crippen molar-refractivity contribution >= 4 is 17.6 Å². The molecule has 0 unspecified atom stereocenters. The van der Waals surface area contributed by atoms with Crippen LogP contribution in [0.2, 0.25) is 0 Å². The van der Waals surface area contributed by atoms with Crippen molar-refractivity contribution in [2.75, 3.05) is 25.2 Å². The van der Waals surface area contributed by atoms with E-state index in [9.17, 15) is 9.59 Å². The number of rotatable bonds is 10. The number of urea groups is 1. The Bertz CT molecular complexity index is 1190. The van der Waals surface area contributed by atoms with Crippen molar-refractivity contribution in [2.24, 2.45) is 5.92 Å². The predicted octanol–water partition coefficient (Wildman–Crippen LogP) is 5.85. The van der Waals surface area contributed by atoms with E-state index >= 15 is 0 Å². The van der Waals surface area contributed by atoms with Gasteiger partial charge in [-0.1, -0.05) is 45.9 Å². The van der Waals surface area contributed by atoms with Gasteiger partial charge < -0.3 is 29.0 Å². The average molecular weight is 506 g/mol. The van der Waals surface area contributed by atoms with Crippen molar-refractivity contribution in [1.29, 1.82) is 0 Å². The highest BCUT2D eigenvalue weighted by Crippen LogP contribution is 2.33. The van der Waals surface area contributed by atoms with Gasteiger partial charge in [-0.25, -0.2) is 4.79 Å². The molecule has 1 aliphatic rings. The van der Waals surface area contributed by atoms with E-state index in [0.29, 0.717) is 42.0 Å². The summed E-state index contributed by atoms with van der Waals surface area (Å²) in [6, 6.07) is 16.8. The molecular formula is C29H35N3O5. The number of fused-ring (bicyclic) bond motifs is 1. The Morgan fingerprint density at radius 2 is 1.68 bits per heavy atom. The molecule has 8 heteroatoms. The summed E-state index contributed by atoms with van der Waals surface area (Å²) in [6.07, 6.45) is 1.58. The van der Waals surface area contributed by atoms with Gasteiger partial charge in [-0.2, -0.15) is 0 Å². The first-order chi connectivity index (χ1) is 17.8. The number of furan rings is 1. The zero-order valence-corrected chi connectivity index (χ0v) is 21.9. The Labute approximate surface area is 218 Å². The number of nitrogens with zero attached hydrogens (tertiary/aromatic N) is 2. The Hall–Kier alpha value is -3.94. The van der Waals surface area contributed by atoms with E-state index in [-0.39, 0.29) is 37.7 Å². The third-order valence-corrected chi connectivity index (χ3v) is 6.12. The molecule has 1 N–H and O–H groups in total. The monoisotopic (exact) mass is 505 g/mol. The van der Waals surface area contributed by atoms with Gasteiger partial charge in [0.1, 0.15) is 12.3 Å². The van der Waals surface area contributed by atoms with E-state index < -0.39 is 0 Å². The van der Waals surface area contributed by atoms with Crippen LogP contribution in [0.3, 0.4) is 0 Å². The third-order valence-electron chi connectivity index (χ3n) is 6.12. The molecule has 1 aromatic heterocycles. The van der Waals surface area contributed by atoms with Crippen molar-refractivity contribution < 1.29 is 23.5 Å². The van der Waals surface area contributed by atoms with Gasteiger partial charge in [0.25, 0.3) is 0 Å². The second kappa shape index (κ2) is 11.9. The van der Waals surface area contributed by atoms with Crippen molar-refractivity contribution in [3.8, 4) is 11.5 Å². The van der Waals surface area contributed by atoms with Crippen LogP contribution in [0.5, 0.6) is 11.5 Å². The molecule has 37 heavy (non-hydrogen) atoms. The molecule has 3 amide bonds. The van der Waals surface area contributed by atoms with Gasteiger partial charge in [-0.05, 0) is 59.4 Å². The highest BCUT2D eigenvalue weighted by atomic mass is 16.7.